The molecule has 0 radical (unpaired) electrons. The molecule has 0 unspecified atom stereocenters. The van der Waals surface area contributed by atoms with Crippen molar-refractivity contribution in [2.75, 3.05) is 19.6 Å². The molecule has 1 heterocycles. The van der Waals surface area contributed by atoms with E-state index in [0.29, 0.717) is 12.0 Å². The van der Waals surface area contributed by atoms with Gasteiger partial charge >= 0.3 is 0 Å². The van der Waals surface area contributed by atoms with Crippen LogP contribution in [0.4, 0.5) is 0 Å². The molecule has 1 saturated heterocycles. The Morgan fingerprint density at radius 1 is 1.25 bits per heavy atom. The zero-order chi connectivity index (χ0) is 14.4. The fourth-order valence-corrected chi connectivity index (χ4v) is 2.77. The Hall–Kier alpha value is -1.30. The molecule has 0 spiro atoms. The van der Waals surface area contributed by atoms with Crippen LogP contribution in [-0.2, 0) is 6.54 Å². The van der Waals surface area contributed by atoms with E-state index in [4.69, 9.17) is 5.73 Å². The summed E-state index contributed by atoms with van der Waals surface area (Å²) in [6.45, 7) is 8.56. The topological polar surface area (TPSA) is 29.3 Å². The first-order valence-electron chi connectivity index (χ1n) is 7.66. The van der Waals surface area contributed by atoms with Gasteiger partial charge in [0, 0.05) is 12.1 Å². The van der Waals surface area contributed by atoms with Gasteiger partial charge in [0.25, 0.3) is 0 Å². The summed E-state index contributed by atoms with van der Waals surface area (Å²) in [5, 5.41) is 0. The zero-order valence-electron chi connectivity index (χ0n) is 12.8. The first kappa shape index (κ1) is 15.1. The van der Waals surface area contributed by atoms with Crippen molar-refractivity contribution >= 4 is 0 Å². The van der Waals surface area contributed by atoms with E-state index in [1.807, 2.05) is 6.07 Å². The molecule has 2 heteroatoms. The molecule has 2 rings (SSSR count). The number of hydrogen-bond acceptors (Lipinski definition) is 2. The molecule has 0 aromatic heterocycles. The lowest BCUT2D eigenvalue weighted by Gasteiger charge is -2.39. The molecule has 1 aliphatic heterocycles. The van der Waals surface area contributed by atoms with Gasteiger partial charge in [-0.05, 0) is 43.0 Å². The third kappa shape index (κ3) is 3.85. The number of hydrogen-bond donors (Lipinski definition) is 1. The van der Waals surface area contributed by atoms with Gasteiger partial charge < -0.3 is 5.73 Å². The highest BCUT2D eigenvalue weighted by Gasteiger charge is 2.28. The molecule has 1 fully saturated rings. The van der Waals surface area contributed by atoms with Crippen molar-refractivity contribution in [3.05, 3.63) is 35.4 Å². The Morgan fingerprint density at radius 2 is 1.95 bits per heavy atom. The summed E-state index contributed by atoms with van der Waals surface area (Å²) >= 11 is 0. The lowest BCUT2D eigenvalue weighted by Crippen LogP contribution is -2.38. The van der Waals surface area contributed by atoms with Crippen LogP contribution in [0, 0.1) is 17.3 Å². The largest absolute Gasteiger partial charge is 0.320 e. The van der Waals surface area contributed by atoms with Crippen molar-refractivity contribution in [2.45, 2.75) is 39.7 Å². The van der Waals surface area contributed by atoms with Gasteiger partial charge in [0.1, 0.15) is 0 Å². The maximum Gasteiger partial charge on any atom is 0.0555 e. The second kappa shape index (κ2) is 6.92. The van der Waals surface area contributed by atoms with E-state index in [0.717, 1.165) is 12.1 Å². The van der Waals surface area contributed by atoms with E-state index >= 15 is 0 Å². The fourth-order valence-electron chi connectivity index (χ4n) is 2.77. The van der Waals surface area contributed by atoms with E-state index < -0.39 is 0 Å². The van der Waals surface area contributed by atoms with Gasteiger partial charge in [0.2, 0.25) is 0 Å². The molecular formula is C18H26N2. The summed E-state index contributed by atoms with van der Waals surface area (Å²) in [5.74, 6) is 6.15. The Kier molecular flexibility index (Phi) is 5.23. The minimum absolute atomic E-state index is 0.424. The molecule has 1 aromatic carbocycles. The lowest BCUT2D eigenvalue weighted by atomic mass is 9.78. The smallest absolute Gasteiger partial charge is 0.0555 e. The highest BCUT2D eigenvalue weighted by molar-refractivity contribution is 5.41. The second-order valence-corrected chi connectivity index (χ2v) is 6.10. The average Bonchev–Trinajstić information content (AvgIpc) is 2.49. The second-order valence-electron chi connectivity index (χ2n) is 6.10. The first-order valence-corrected chi connectivity index (χ1v) is 7.66. The Bertz CT molecular complexity index is 488. The van der Waals surface area contributed by atoms with Crippen LogP contribution in [0.5, 0.6) is 0 Å². The zero-order valence-corrected chi connectivity index (χ0v) is 12.8. The maximum absolute atomic E-state index is 5.47. The monoisotopic (exact) mass is 270 g/mol. The summed E-state index contributed by atoms with van der Waals surface area (Å²) < 4.78 is 0. The molecule has 2 N–H and O–H groups in total. The normalized spacial score (nSPS) is 18.4. The highest BCUT2D eigenvalue weighted by Crippen LogP contribution is 2.34. The number of rotatable bonds is 3. The number of piperidine rings is 1. The van der Waals surface area contributed by atoms with Gasteiger partial charge in [-0.2, -0.15) is 0 Å². The summed E-state index contributed by atoms with van der Waals surface area (Å²) in [5.41, 5.74) is 8.48. The van der Waals surface area contributed by atoms with E-state index in [9.17, 15) is 0 Å². The number of benzene rings is 1. The lowest BCUT2D eigenvalue weighted by molar-refractivity contribution is 0.109. The van der Waals surface area contributed by atoms with E-state index in [1.165, 1.54) is 37.9 Å². The van der Waals surface area contributed by atoms with E-state index in [-0.39, 0.29) is 0 Å². The summed E-state index contributed by atoms with van der Waals surface area (Å²) in [4.78, 5) is 2.56. The molecule has 0 atom stereocenters. The summed E-state index contributed by atoms with van der Waals surface area (Å²) in [7, 11) is 0. The molecule has 1 aliphatic rings. The minimum Gasteiger partial charge on any atom is -0.320 e. The Morgan fingerprint density at radius 3 is 2.60 bits per heavy atom. The van der Waals surface area contributed by atoms with Crippen LogP contribution >= 0.6 is 0 Å². The van der Waals surface area contributed by atoms with Crippen molar-refractivity contribution in [3.8, 4) is 11.8 Å². The standard InChI is InChI=1S/C18H26N2/c1-3-18(2)10-13-20(14-11-18)15-17-8-5-4-7-16(17)9-6-12-19/h4-5,7-8H,3,10-15,19H2,1-2H3. The molecule has 108 valence electrons. The van der Waals surface area contributed by atoms with Crippen molar-refractivity contribution in [1.82, 2.24) is 4.90 Å². The quantitative estimate of drug-likeness (QED) is 0.856. The predicted molar refractivity (Wildman–Crippen MR) is 85.3 cm³/mol. The molecular weight excluding hydrogens is 244 g/mol. The van der Waals surface area contributed by atoms with Gasteiger partial charge in [-0.1, -0.05) is 50.3 Å². The van der Waals surface area contributed by atoms with Gasteiger partial charge in [-0.3, -0.25) is 4.90 Å². The van der Waals surface area contributed by atoms with Crippen LogP contribution in [0.3, 0.4) is 0 Å². The molecule has 20 heavy (non-hydrogen) atoms. The van der Waals surface area contributed by atoms with Gasteiger partial charge in [-0.25, -0.2) is 0 Å². The third-order valence-electron chi connectivity index (χ3n) is 4.65. The SMILES string of the molecule is CCC1(C)CCN(Cc2ccccc2C#CCN)CC1. The average molecular weight is 270 g/mol. The maximum atomic E-state index is 5.47. The van der Waals surface area contributed by atoms with Crippen LogP contribution in [0.15, 0.2) is 24.3 Å². The summed E-state index contributed by atoms with van der Waals surface area (Å²) in [6.07, 6.45) is 3.90. The molecule has 0 aliphatic carbocycles. The molecule has 1 aromatic rings. The van der Waals surface area contributed by atoms with Crippen molar-refractivity contribution in [2.24, 2.45) is 11.1 Å². The molecule has 0 bridgehead atoms. The van der Waals surface area contributed by atoms with Crippen LogP contribution in [0.25, 0.3) is 0 Å². The summed E-state index contributed by atoms with van der Waals surface area (Å²) in [6, 6.07) is 8.43. The Balaban J connectivity index is 2.01. The van der Waals surface area contributed by atoms with Crippen molar-refractivity contribution < 1.29 is 0 Å². The van der Waals surface area contributed by atoms with Crippen LogP contribution in [-0.4, -0.2) is 24.5 Å². The van der Waals surface area contributed by atoms with Gasteiger partial charge in [0.15, 0.2) is 0 Å². The van der Waals surface area contributed by atoms with Gasteiger partial charge in [-0.15, -0.1) is 0 Å². The molecule has 0 saturated carbocycles. The van der Waals surface area contributed by atoms with E-state index in [1.54, 1.807) is 0 Å². The number of nitrogens with zero attached hydrogens (tertiary/aromatic N) is 1. The van der Waals surface area contributed by atoms with E-state index in [2.05, 4.69) is 48.8 Å². The predicted octanol–water partition coefficient (Wildman–Crippen LogP) is 3.01. The first-order chi connectivity index (χ1) is 9.67. The van der Waals surface area contributed by atoms with Crippen molar-refractivity contribution in [1.29, 1.82) is 0 Å². The van der Waals surface area contributed by atoms with Crippen molar-refractivity contribution in [3.63, 3.8) is 0 Å². The van der Waals surface area contributed by atoms with Gasteiger partial charge in [0.05, 0.1) is 6.54 Å². The van der Waals surface area contributed by atoms with Crippen LogP contribution in [0.1, 0.15) is 44.2 Å². The third-order valence-corrected chi connectivity index (χ3v) is 4.65. The molecule has 2 nitrogen and oxygen atoms in total. The number of nitrogens with two attached hydrogens (primary N) is 1. The fraction of sp³-hybridized carbons (Fsp3) is 0.556. The van der Waals surface area contributed by atoms with Crippen LogP contribution in [0.2, 0.25) is 0 Å². The highest BCUT2D eigenvalue weighted by atomic mass is 15.1. The number of likely N-dealkylation sites (tertiary alicyclic amines) is 1. The minimum atomic E-state index is 0.424. The molecule has 0 amide bonds. The Labute approximate surface area is 123 Å². The van der Waals surface area contributed by atoms with Crippen LogP contribution < -0.4 is 5.73 Å².